The van der Waals surface area contributed by atoms with Crippen LogP contribution in [-0.2, 0) is 4.79 Å². The molecular weight excluding hydrogens is 162 g/mol. The highest BCUT2D eigenvalue weighted by Gasteiger charge is 2.40. The van der Waals surface area contributed by atoms with Gasteiger partial charge >= 0.3 is 0 Å². The molecule has 2 fully saturated rings. The molecule has 1 amide bonds. The normalized spacial score (nSPS) is 37.0. The van der Waals surface area contributed by atoms with Crippen molar-refractivity contribution in [1.82, 2.24) is 5.32 Å². The smallest absolute Gasteiger partial charge is 0.222 e. The van der Waals surface area contributed by atoms with E-state index in [0.29, 0.717) is 6.04 Å². The Morgan fingerprint density at radius 2 is 2.08 bits per heavy atom. The van der Waals surface area contributed by atoms with Crippen molar-refractivity contribution in [1.29, 1.82) is 0 Å². The Balaban J connectivity index is 1.86. The summed E-state index contributed by atoms with van der Waals surface area (Å²) in [5.41, 5.74) is 0. The van der Waals surface area contributed by atoms with E-state index in [9.17, 15) is 4.79 Å². The molecule has 0 heterocycles. The maximum atomic E-state index is 11.5. The molecule has 13 heavy (non-hydrogen) atoms. The lowest BCUT2D eigenvalue weighted by Crippen LogP contribution is -2.40. The molecule has 0 aliphatic heterocycles. The van der Waals surface area contributed by atoms with E-state index < -0.39 is 0 Å². The van der Waals surface area contributed by atoms with Gasteiger partial charge in [-0.3, -0.25) is 4.79 Å². The quantitative estimate of drug-likeness (QED) is 0.693. The van der Waals surface area contributed by atoms with Crippen LogP contribution < -0.4 is 5.32 Å². The maximum absolute atomic E-state index is 11.5. The molecule has 0 saturated heterocycles. The van der Waals surface area contributed by atoms with Crippen LogP contribution in [-0.4, -0.2) is 11.9 Å². The Labute approximate surface area is 80.1 Å². The first kappa shape index (κ1) is 9.04. The summed E-state index contributed by atoms with van der Waals surface area (Å²) in [7, 11) is 0. The first-order chi connectivity index (χ1) is 6.16. The van der Waals surface area contributed by atoms with E-state index in [-0.39, 0.29) is 11.8 Å². The van der Waals surface area contributed by atoms with E-state index in [2.05, 4.69) is 5.32 Å². The topological polar surface area (TPSA) is 29.1 Å². The number of carbonyl (C=O) groups excluding carboxylic acids is 1. The van der Waals surface area contributed by atoms with Gasteiger partial charge in [-0.15, -0.1) is 0 Å². The molecule has 3 atom stereocenters. The Kier molecular flexibility index (Phi) is 2.31. The number of nitrogens with one attached hydrogen (secondary N) is 1. The summed E-state index contributed by atoms with van der Waals surface area (Å²) in [6.07, 6.45) is 5.35. The average Bonchev–Trinajstić information content (AvgIpc) is 2.64. The zero-order valence-electron chi connectivity index (χ0n) is 8.55. The van der Waals surface area contributed by atoms with Gasteiger partial charge in [-0.25, -0.2) is 0 Å². The van der Waals surface area contributed by atoms with Crippen molar-refractivity contribution in [3.05, 3.63) is 0 Å². The van der Waals surface area contributed by atoms with Crippen LogP contribution in [0.5, 0.6) is 0 Å². The van der Waals surface area contributed by atoms with Crippen LogP contribution in [0.4, 0.5) is 0 Å². The van der Waals surface area contributed by atoms with Crippen LogP contribution in [0.3, 0.4) is 0 Å². The second-order valence-electron chi connectivity index (χ2n) is 4.94. The number of rotatable bonds is 2. The molecule has 0 aromatic heterocycles. The van der Waals surface area contributed by atoms with Gasteiger partial charge in [0.15, 0.2) is 0 Å². The summed E-state index contributed by atoms with van der Waals surface area (Å²) < 4.78 is 0. The molecule has 0 radical (unpaired) electrons. The first-order valence-corrected chi connectivity index (χ1v) is 5.47. The Morgan fingerprint density at radius 1 is 1.31 bits per heavy atom. The third-order valence-electron chi connectivity index (χ3n) is 3.59. The molecule has 2 nitrogen and oxygen atoms in total. The second-order valence-corrected chi connectivity index (χ2v) is 4.94. The van der Waals surface area contributed by atoms with Gasteiger partial charge in [0.1, 0.15) is 0 Å². The fraction of sp³-hybridized carbons (Fsp3) is 0.909. The SMILES string of the molecule is CC(C)C(=O)NC1C[C@@H]2CC[C@H]1C2. The zero-order valence-corrected chi connectivity index (χ0v) is 8.55. The average molecular weight is 181 g/mol. The first-order valence-electron chi connectivity index (χ1n) is 5.47. The van der Waals surface area contributed by atoms with Gasteiger partial charge in [-0.1, -0.05) is 20.3 Å². The van der Waals surface area contributed by atoms with Gasteiger partial charge in [0.25, 0.3) is 0 Å². The summed E-state index contributed by atoms with van der Waals surface area (Å²) in [5, 5.41) is 3.17. The predicted molar refractivity (Wildman–Crippen MR) is 52.2 cm³/mol. The van der Waals surface area contributed by atoms with Crippen LogP contribution in [0.2, 0.25) is 0 Å². The lowest BCUT2D eigenvalue weighted by atomic mass is 9.95. The number of hydrogen-bond acceptors (Lipinski definition) is 1. The third kappa shape index (κ3) is 1.72. The molecule has 0 aromatic rings. The summed E-state index contributed by atoms with van der Waals surface area (Å²) in [5.74, 6) is 2.09. The highest BCUT2D eigenvalue weighted by molar-refractivity contribution is 5.78. The minimum atomic E-state index is 0.138. The summed E-state index contributed by atoms with van der Waals surface area (Å²) in [4.78, 5) is 11.5. The molecule has 1 N–H and O–H groups in total. The summed E-state index contributed by atoms with van der Waals surface area (Å²) >= 11 is 0. The van der Waals surface area contributed by atoms with Crippen molar-refractivity contribution in [2.75, 3.05) is 0 Å². The number of amides is 1. The van der Waals surface area contributed by atoms with Gasteiger partial charge in [-0.2, -0.15) is 0 Å². The molecule has 2 aliphatic rings. The molecule has 0 aromatic carbocycles. The molecule has 2 aliphatic carbocycles. The second kappa shape index (κ2) is 3.32. The van der Waals surface area contributed by atoms with Crippen molar-refractivity contribution in [2.45, 2.75) is 45.6 Å². The van der Waals surface area contributed by atoms with E-state index >= 15 is 0 Å². The molecule has 0 spiro atoms. The van der Waals surface area contributed by atoms with E-state index in [1.807, 2.05) is 13.8 Å². The lowest BCUT2D eigenvalue weighted by molar-refractivity contribution is -0.125. The third-order valence-corrected chi connectivity index (χ3v) is 3.59. The molecule has 2 rings (SSSR count). The molecule has 74 valence electrons. The van der Waals surface area contributed by atoms with Crippen LogP contribution in [0.1, 0.15) is 39.5 Å². The predicted octanol–water partition coefficient (Wildman–Crippen LogP) is 1.95. The van der Waals surface area contributed by atoms with E-state index in [1.54, 1.807) is 0 Å². The van der Waals surface area contributed by atoms with Gasteiger partial charge < -0.3 is 5.32 Å². The van der Waals surface area contributed by atoms with E-state index in [4.69, 9.17) is 0 Å². The fourth-order valence-electron chi connectivity index (χ4n) is 2.77. The summed E-state index contributed by atoms with van der Waals surface area (Å²) in [6.45, 7) is 3.92. The monoisotopic (exact) mass is 181 g/mol. The maximum Gasteiger partial charge on any atom is 0.222 e. The van der Waals surface area contributed by atoms with E-state index in [1.165, 1.54) is 25.7 Å². The lowest BCUT2D eigenvalue weighted by Gasteiger charge is -2.23. The van der Waals surface area contributed by atoms with E-state index in [0.717, 1.165) is 11.8 Å². The molecular formula is C11H19NO. The highest BCUT2D eigenvalue weighted by atomic mass is 16.1. The van der Waals surface area contributed by atoms with Gasteiger partial charge in [0.05, 0.1) is 0 Å². The van der Waals surface area contributed by atoms with Crippen LogP contribution in [0.15, 0.2) is 0 Å². The van der Waals surface area contributed by atoms with Crippen molar-refractivity contribution < 1.29 is 4.79 Å². The van der Waals surface area contributed by atoms with Gasteiger partial charge in [0.2, 0.25) is 5.91 Å². The molecule has 2 saturated carbocycles. The van der Waals surface area contributed by atoms with Crippen molar-refractivity contribution >= 4 is 5.91 Å². The molecule has 1 unspecified atom stereocenters. The summed E-state index contributed by atoms with van der Waals surface area (Å²) in [6, 6.07) is 0.508. The van der Waals surface area contributed by atoms with Gasteiger partial charge in [-0.05, 0) is 31.1 Å². The minimum Gasteiger partial charge on any atom is -0.353 e. The van der Waals surface area contributed by atoms with Gasteiger partial charge in [0, 0.05) is 12.0 Å². The number of hydrogen-bond donors (Lipinski definition) is 1. The Morgan fingerprint density at radius 3 is 2.54 bits per heavy atom. The minimum absolute atomic E-state index is 0.138. The highest BCUT2D eigenvalue weighted by Crippen LogP contribution is 2.44. The molecule has 2 bridgehead atoms. The van der Waals surface area contributed by atoms with Crippen molar-refractivity contribution in [3.63, 3.8) is 0 Å². The van der Waals surface area contributed by atoms with Crippen molar-refractivity contribution in [2.24, 2.45) is 17.8 Å². The van der Waals surface area contributed by atoms with Crippen molar-refractivity contribution in [3.8, 4) is 0 Å². The zero-order chi connectivity index (χ0) is 9.42. The Hall–Kier alpha value is -0.530. The molecule has 2 heteroatoms. The van der Waals surface area contributed by atoms with Crippen LogP contribution in [0, 0.1) is 17.8 Å². The number of fused-ring (bicyclic) bond motifs is 2. The number of carbonyl (C=O) groups is 1. The Bertz CT molecular complexity index is 212. The van der Waals surface area contributed by atoms with Crippen LogP contribution in [0.25, 0.3) is 0 Å². The fourth-order valence-corrected chi connectivity index (χ4v) is 2.77. The van der Waals surface area contributed by atoms with Crippen LogP contribution >= 0.6 is 0 Å². The standard InChI is InChI=1S/C11H19NO/c1-7(2)11(13)12-10-6-8-3-4-9(10)5-8/h7-10H,3-6H2,1-2H3,(H,12,13)/t8-,9+,10?/m1/s1. The largest absolute Gasteiger partial charge is 0.353 e.